The van der Waals surface area contributed by atoms with E-state index in [0.29, 0.717) is 11.8 Å². The molecule has 1 rings (SSSR count). The molecule has 0 aromatic heterocycles. The van der Waals surface area contributed by atoms with Crippen molar-refractivity contribution in [2.24, 2.45) is 0 Å². The Morgan fingerprint density at radius 2 is 1.80 bits per heavy atom. The van der Waals surface area contributed by atoms with Crippen molar-refractivity contribution in [2.45, 2.75) is 11.2 Å². The third-order valence-corrected chi connectivity index (χ3v) is 2.30. The predicted octanol–water partition coefficient (Wildman–Crippen LogP) is 3.22. The van der Waals surface area contributed by atoms with Crippen molar-refractivity contribution < 1.29 is 22.7 Å². The van der Waals surface area contributed by atoms with E-state index in [1.165, 1.54) is 12.1 Å². The van der Waals surface area contributed by atoms with Gasteiger partial charge in [0.25, 0.3) is 0 Å². The van der Waals surface area contributed by atoms with Crippen LogP contribution in [0.3, 0.4) is 0 Å². The molecule has 0 N–H and O–H groups in total. The number of carbonyl (C=O) groups excluding carboxylic acids is 1. The first kappa shape index (κ1) is 12.0. The van der Waals surface area contributed by atoms with Crippen LogP contribution in [0.15, 0.2) is 24.3 Å². The van der Waals surface area contributed by atoms with Crippen LogP contribution in [0.1, 0.15) is 10.4 Å². The molecule has 0 aliphatic heterocycles. The summed E-state index contributed by atoms with van der Waals surface area (Å²) in [6.07, 6.45) is -4.06. The van der Waals surface area contributed by atoms with Gasteiger partial charge in [-0.15, -0.1) is 13.2 Å². The van der Waals surface area contributed by atoms with E-state index in [0.717, 1.165) is 12.1 Å². The zero-order chi connectivity index (χ0) is 11.5. The summed E-state index contributed by atoms with van der Waals surface area (Å²) < 4.78 is 39.0. The molecule has 1 aromatic carbocycles. The second-order valence-corrected chi connectivity index (χ2v) is 3.64. The number of hydrogen-bond donors (Lipinski definition) is 0. The lowest BCUT2D eigenvalue weighted by atomic mass is 10.2. The molecule has 82 valence electrons. The second kappa shape index (κ2) is 4.65. The zero-order valence-electron chi connectivity index (χ0n) is 7.29. The normalized spacial score (nSPS) is 13.3. The summed E-state index contributed by atoms with van der Waals surface area (Å²) in [5.74, 6) is -0.308. The van der Waals surface area contributed by atoms with Gasteiger partial charge in [-0.25, -0.2) is 0 Å². The highest BCUT2D eigenvalue weighted by atomic mass is 79.9. The standard InChI is InChI=1S/C9H6BrF3O2/c10-8(5-14)6-1-3-7(4-2-6)15-9(11,12)13/h1-5,8H. The number of hydrogen-bond acceptors (Lipinski definition) is 2. The van der Waals surface area contributed by atoms with Crippen molar-refractivity contribution in [3.05, 3.63) is 29.8 Å². The summed E-state index contributed by atoms with van der Waals surface area (Å²) in [5.41, 5.74) is 0.569. The molecule has 0 saturated carbocycles. The number of benzene rings is 1. The maximum atomic E-state index is 11.8. The van der Waals surface area contributed by atoms with E-state index < -0.39 is 11.2 Å². The first-order chi connectivity index (χ1) is 6.92. The van der Waals surface area contributed by atoms with E-state index in [9.17, 15) is 18.0 Å². The second-order valence-electron chi connectivity index (χ2n) is 2.65. The lowest BCUT2D eigenvalue weighted by Crippen LogP contribution is -2.17. The van der Waals surface area contributed by atoms with Crippen LogP contribution in [0, 0.1) is 0 Å². The van der Waals surface area contributed by atoms with Crippen molar-refractivity contribution in [3.63, 3.8) is 0 Å². The maximum Gasteiger partial charge on any atom is 0.573 e. The molecule has 0 aliphatic carbocycles. The van der Waals surface area contributed by atoms with Gasteiger partial charge in [0.15, 0.2) is 0 Å². The largest absolute Gasteiger partial charge is 0.573 e. The van der Waals surface area contributed by atoms with Gasteiger partial charge >= 0.3 is 6.36 Å². The van der Waals surface area contributed by atoms with Crippen LogP contribution < -0.4 is 4.74 Å². The predicted molar refractivity (Wildman–Crippen MR) is 50.9 cm³/mol. The van der Waals surface area contributed by atoms with Gasteiger partial charge in [-0.05, 0) is 17.7 Å². The summed E-state index contributed by atoms with van der Waals surface area (Å²) in [4.78, 5) is 9.84. The fraction of sp³-hybridized carbons (Fsp3) is 0.222. The molecule has 0 amide bonds. The molecule has 1 unspecified atom stereocenters. The van der Waals surface area contributed by atoms with Gasteiger partial charge in [0.05, 0.1) is 4.83 Å². The molecule has 0 aliphatic rings. The van der Waals surface area contributed by atoms with Crippen LogP contribution in [-0.4, -0.2) is 12.6 Å². The van der Waals surface area contributed by atoms with E-state index in [2.05, 4.69) is 20.7 Å². The highest BCUT2D eigenvalue weighted by Crippen LogP contribution is 2.26. The number of aldehydes is 1. The number of halogens is 4. The van der Waals surface area contributed by atoms with Gasteiger partial charge in [0.2, 0.25) is 0 Å². The Hall–Kier alpha value is -1.04. The number of alkyl halides is 4. The van der Waals surface area contributed by atoms with Crippen molar-refractivity contribution in [3.8, 4) is 5.75 Å². The van der Waals surface area contributed by atoms with E-state index in [-0.39, 0.29) is 5.75 Å². The summed E-state index contributed by atoms with van der Waals surface area (Å²) >= 11 is 3.04. The summed E-state index contributed by atoms with van der Waals surface area (Å²) in [7, 11) is 0. The zero-order valence-corrected chi connectivity index (χ0v) is 8.88. The molecular weight excluding hydrogens is 277 g/mol. The average Bonchev–Trinajstić information content (AvgIpc) is 2.15. The molecule has 0 spiro atoms. The molecule has 1 atom stereocenters. The first-order valence-electron chi connectivity index (χ1n) is 3.87. The van der Waals surface area contributed by atoms with Crippen molar-refractivity contribution in [1.29, 1.82) is 0 Å². The van der Waals surface area contributed by atoms with Crippen LogP contribution in [0.25, 0.3) is 0 Å². The van der Waals surface area contributed by atoms with Crippen molar-refractivity contribution in [2.75, 3.05) is 0 Å². The monoisotopic (exact) mass is 282 g/mol. The van der Waals surface area contributed by atoms with Gasteiger partial charge in [-0.2, -0.15) is 0 Å². The van der Waals surface area contributed by atoms with E-state index in [1.54, 1.807) is 0 Å². The smallest absolute Gasteiger partial charge is 0.406 e. The van der Waals surface area contributed by atoms with Crippen molar-refractivity contribution in [1.82, 2.24) is 0 Å². The van der Waals surface area contributed by atoms with E-state index in [4.69, 9.17) is 0 Å². The van der Waals surface area contributed by atoms with Gasteiger partial charge in [-0.3, -0.25) is 0 Å². The third kappa shape index (κ3) is 3.91. The minimum atomic E-state index is -4.69. The molecule has 0 saturated heterocycles. The van der Waals surface area contributed by atoms with Gasteiger partial charge in [0.1, 0.15) is 12.0 Å². The fourth-order valence-electron chi connectivity index (χ4n) is 0.932. The molecule has 0 radical (unpaired) electrons. The van der Waals surface area contributed by atoms with Crippen LogP contribution in [0.5, 0.6) is 5.75 Å². The van der Waals surface area contributed by atoms with Crippen LogP contribution in [0.4, 0.5) is 13.2 Å². The third-order valence-electron chi connectivity index (χ3n) is 1.55. The maximum absolute atomic E-state index is 11.8. The minimum absolute atomic E-state index is 0.308. The molecule has 2 nitrogen and oxygen atoms in total. The Morgan fingerprint density at radius 1 is 1.27 bits per heavy atom. The van der Waals surface area contributed by atoms with Gasteiger partial charge in [-0.1, -0.05) is 28.1 Å². The molecule has 1 aromatic rings. The van der Waals surface area contributed by atoms with Crippen LogP contribution >= 0.6 is 15.9 Å². The summed E-state index contributed by atoms with van der Waals surface area (Å²) in [6.45, 7) is 0. The fourth-order valence-corrected chi connectivity index (χ4v) is 1.24. The van der Waals surface area contributed by atoms with Gasteiger partial charge in [0, 0.05) is 0 Å². The molecular formula is C9H6BrF3O2. The number of ether oxygens (including phenoxy) is 1. The SMILES string of the molecule is O=CC(Br)c1ccc(OC(F)(F)F)cc1. The average molecular weight is 283 g/mol. The van der Waals surface area contributed by atoms with Crippen LogP contribution in [0.2, 0.25) is 0 Å². The van der Waals surface area contributed by atoms with E-state index in [1.807, 2.05) is 0 Å². The molecule has 6 heteroatoms. The van der Waals surface area contributed by atoms with Crippen LogP contribution in [-0.2, 0) is 4.79 Å². The Balaban J connectivity index is 2.77. The molecule has 15 heavy (non-hydrogen) atoms. The highest BCUT2D eigenvalue weighted by Gasteiger charge is 2.30. The Bertz CT molecular complexity index is 334. The lowest BCUT2D eigenvalue weighted by Gasteiger charge is -2.09. The topological polar surface area (TPSA) is 26.3 Å². The minimum Gasteiger partial charge on any atom is -0.406 e. The summed E-state index contributed by atoms with van der Waals surface area (Å²) in [6, 6.07) is 5.07. The number of rotatable bonds is 3. The Kier molecular flexibility index (Phi) is 3.73. The van der Waals surface area contributed by atoms with Gasteiger partial charge < -0.3 is 9.53 Å². The quantitative estimate of drug-likeness (QED) is 0.629. The van der Waals surface area contributed by atoms with Crippen molar-refractivity contribution >= 4 is 22.2 Å². The lowest BCUT2D eigenvalue weighted by molar-refractivity contribution is -0.274. The van der Waals surface area contributed by atoms with E-state index >= 15 is 0 Å². The molecule has 0 fully saturated rings. The molecule has 0 heterocycles. The first-order valence-corrected chi connectivity index (χ1v) is 4.79. The molecule has 0 bridgehead atoms. The summed E-state index contributed by atoms with van der Waals surface area (Å²) in [5, 5.41) is 0. The number of carbonyl (C=O) groups is 1. The highest BCUT2D eigenvalue weighted by molar-refractivity contribution is 9.09. The Morgan fingerprint density at radius 3 is 2.20 bits per heavy atom. The Labute approximate surface area is 92.2 Å².